The smallest absolute Gasteiger partial charge is 0.306 e. The van der Waals surface area contributed by atoms with Crippen molar-refractivity contribution in [2.45, 2.75) is 39.0 Å². The Morgan fingerprint density at radius 1 is 1.19 bits per heavy atom. The van der Waals surface area contributed by atoms with Gasteiger partial charge in [-0.2, -0.15) is 0 Å². The molecule has 138 valence electrons. The molecule has 1 fully saturated rings. The summed E-state index contributed by atoms with van der Waals surface area (Å²) in [6, 6.07) is 7.52. The van der Waals surface area contributed by atoms with E-state index in [-0.39, 0.29) is 37.2 Å². The van der Waals surface area contributed by atoms with Gasteiger partial charge in [0.25, 0.3) is 0 Å². The van der Waals surface area contributed by atoms with Gasteiger partial charge in [0, 0.05) is 30.6 Å². The maximum atomic E-state index is 11.9. The predicted molar refractivity (Wildman–Crippen MR) is 98.4 cm³/mol. The third-order valence-corrected chi connectivity index (χ3v) is 3.97. The number of rotatable bonds is 6. The zero-order valence-electron chi connectivity index (χ0n) is 15.0. The molecule has 6 nitrogen and oxygen atoms in total. The fourth-order valence-electron chi connectivity index (χ4n) is 2.63. The predicted octanol–water partition coefficient (Wildman–Crippen LogP) is 2.01. The Morgan fingerprint density at radius 2 is 1.96 bits per heavy atom. The van der Waals surface area contributed by atoms with Gasteiger partial charge in [-0.25, -0.2) is 0 Å². The van der Waals surface area contributed by atoms with Gasteiger partial charge in [-0.1, -0.05) is 11.8 Å². The molecular formula is C20H24N2O4. The molecule has 26 heavy (non-hydrogen) atoms. The van der Waals surface area contributed by atoms with Crippen LogP contribution in [-0.2, 0) is 19.1 Å². The molecule has 0 radical (unpaired) electrons. The van der Waals surface area contributed by atoms with E-state index in [0.717, 1.165) is 30.6 Å². The normalized spacial score (nSPS) is 13.6. The number of piperidine rings is 1. The summed E-state index contributed by atoms with van der Waals surface area (Å²) in [5.74, 6) is 5.40. The molecule has 1 aromatic carbocycles. The van der Waals surface area contributed by atoms with Crippen LogP contribution in [0, 0.1) is 11.8 Å². The Bertz CT molecular complexity index is 701. The number of esters is 1. The summed E-state index contributed by atoms with van der Waals surface area (Å²) < 4.78 is 4.76. The van der Waals surface area contributed by atoms with Crippen molar-refractivity contribution in [2.24, 2.45) is 0 Å². The molecule has 1 aliphatic heterocycles. The van der Waals surface area contributed by atoms with Crippen LogP contribution in [-0.4, -0.2) is 37.5 Å². The second kappa shape index (κ2) is 10.2. The number of ether oxygens (including phenoxy) is 1. The average molecular weight is 356 g/mol. The zero-order chi connectivity index (χ0) is 18.8. The molecule has 2 rings (SSSR count). The molecule has 1 N–H and O–H groups in total. The fourth-order valence-corrected chi connectivity index (χ4v) is 2.63. The van der Waals surface area contributed by atoms with Crippen molar-refractivity contribution in [1.29, 1.82) is 0 Å². The number of hydrogen-bond donors (Lipinski definition) is 1. The number of anilines is 1. The summed E-state index contributed by atoms with van der Waals surface area (Å²) >= 11 is 0. The lowest BCUT2D eigenvalue weighted by Crippen LogP contribution is -2.35. The van der Waals surface area contributed by atoms with Crippen molar-refractivity contribution in [3.8, 4) is 11.8 Å². The summed E-state index contributed by atoms with van der Waals surface area (Å²) in [6.45, 7) is 3.02. The number of nitrogens with one attached hydrogen (secondary N) is 1. The van der Waals surface area contributed by atoms with Crippen LogP contribution >= 0.6 is 0 Å². The largest absolute Gasteiger partial charge is 0.466 e. The third-order valence-electron chi connectivity index (χ3n) is 3.97. The van der Waals surface area contributed by atoms with E-state index in [1.165, 1.54) is 0 Å². The number of benzene rings is 1. The molecule has 1 aliphatic rings. The summed E-state index contributed by atoms with van der Waals surface area (Å²) in [6.07, 6.45) is 2.77. The molecule has 6 heteroatoms. The van der Waals surface area contributed by atoms with E-state index in [4.69, 9.17) is 4.74 Å². The minimum Gasteiger partial charge on any atom is -0.466 e. The standard InChI is InChI=1S/C20H24N2O4/c1-2-26-20(25)13-12-18(23)21-14-5-6-16-8-10-17(11-9-16)22-15-4-3-7-19(22)24/h8-11H,2-4,7,12-15H2,1H3,(H,21,23). The Hall–Kier alpha value is -2.81. The molecule has 1 heterocycles. The summed E-state index contributed by atoms with van der Waals surface area (Å²) in [7, 11) is 0. The maximum absolute atomic E-state index is 11.9. The maximum Gasteiger partial charge on any atom is 0.306 e. The topological polar surface area (TPSA) is 75.7 Å². The van der Waals surface area contributed by atoms with E-state index in [0.29, 0.717) is 13.0 Å². The highest BCUT2D eigenvalue weighted by Gasteiger charge is 2.19. The Morgan fingerprint density at radius 3 is 2.65 bits per heavy atom. The average Bonchev–Trinajstić information content (AvgIpc) is 2.65. The van der Waals surface area contributed by atoms with Gasteiger partial charge in [0.05, 0.1) is 19.6 Å². The van der Waals surface area contributed by atoms with Crippen molar-refractivity contribution in [3.05, 3.63) is 29.8 Å². The summed E-state index contributed by atoms with van der Waals surface area (Å²) in [4.78, 5) is 36.5. The van der Waals surface area contributed by atoms with Crippen LogP contribution in [0.15, 0.2) is 24.3 Å². The van der Waals surface area contributed by atoms with Crippen LogP contribution in [0.1, 0.15) is 44.6 Å². The second-order valence-electron chi connectivity index (χ2n) is 5.93. The molecule has 1 aromatic rings. The van der Waals surface area contributed by atoms with Crippen molar-refractivity contribution < 1.29 is 19.1 Å². The molecule has 0 unspecified atom stereocenters. The monoisotopic (exact) mass is 356 g/mol. The molecule has 0 bridgehead atoms. The first-order valence-electron chi connectivity index (χ1n) is 8.91. The summed E-state index contributed by atoms with van der Waals surface area (Å²) in [5.41, 5.74) is 1.71. The number of carbonyl (C=O) groups excluding carboxylic acids is 3. The van der Waals surface area contributed by atoms with Crippen molar-refractivity contribution >= 4 is 23.5 Å². The van der Waals surface area contributed by atoms with Crippen LogP contribution in [0.2, 0.25) is 0 Å². The molecule has 2 amide bonds. The highest BCUT2D eigenvalue weighted by molar-refractivity contribution is 5.94. The Kier molecular flexibility index (Phi) is 7.69. The minimum absolute atomic E-state index is 0.0732. The van der Waals surface area contributed by atoms with Crippen LogP contribution in [0.3, 0.4) is 0 Å². The highest BCUT2D eigenvalue weighted by Crippen LogP contribution is 2.20. The van der Waals surface area contributed by atoms with Crippen LogP contribution < -0.4 is 10.2 Å². The minimum atomic E-state index is -0.374. The summed E-state index contributed by atoms with van der Waals surface area (Å²) in [5, 5.41) is 2.65. The van der Waals surface area contributed by atoms with Crippen molar-refractivity contribution in [1.82, 2.24) is 5.32 Å². The van der Waals surface area contributed by atoms with E-state index in [2.05, 4.69) is 17.2 Å². The molecule has 0 atom stereocenters. The third kappa shape index (κ3) is 6.25. The second-order valence-corrected chi connectivity index (χ2v) is 5.93. The first-order valence-corrected chi connectivity index (χ1v) is 8.91. The van der Waals surface area contributed by atoms with Crippen LogP contribution in [0.4, 0.5) is 5.69 Å². The number of carbonyl (C=O) groups is 3. The van der Waals surface area contributed by atoms with E-state index in [1.54, 1.807) is 6.92 Å². The lowest BCUT2D eigenvalue weighted by molar-refractivity contribution is -0.144. The lowest BCUT2D eigenvalue weighted by Gasteiger charge is -2.26. The van der Waals surface area contributed by atoms with Crippen molar-refractivity contribution in [2.75, 3.05) is 24.6 Å². The van der Waals surface area contributed by atoms with Gasteiger partial charge in [0.1, 0.15) is 0 Å². The van der Waals surface area contributed by atoms with Gasteiger partial charge in [0.15, 0.2) is 0 Å². The van der Waals surface area contributed by atoms with Gasteiger partial charge in [-0.3, -0.25) is 14.4 Å². The van der Waals surface area contributed by atoms with Crippen LogP contribution in [0.25, 0.3) is 0 Å². The van der Waals surface area contributed by atoms with Gasteiger partial charge >= 0.3 is 5.97 Å². The number of hydrogen-bond acceptors (Lipinski definition) is 4. The first kappa shape index (κ1) is 19.5. The lowest BCUT2D eigenvalue weighted by atomic mass is 10.1. The van der Waals surface area contributed by atoms with E-state index in [9.17, 15) is 14.4 Å². The highest BCUT2D eigenvalue weighted by atomic mass is 16.5. The fraction of sp³-hybridized carbons (Fsp3) is 0.450. The van der Waals surface area contributed by atoms with Crippen molar-refractivity contribution in [3.63, 3.8) is 0 Å². The molecule has 0 aromatic heterocycles. The molecule has 0 saturated carbocycles. The van der Waals surface area contributed by atoms with Gasteiger partial charge in [-0.15, -0.1) is 0 Å². The quantitative estimate of drug-likeness (QED) is 0.625. The number of amides is 2. The SMILES string of the molecule is CCOC(=O)CCC(=O)NCC#Cc1ccc(N2CCCCC2=O)cc1. The van der Waals surface area contributed by atoms with Gasteiger partial charge in [-0.05, 0) is 44.0 Å². The van der Waals surface area contributed by atoms with Crippen LogP contribution in [0.5, 0.6) is 0 Å². The first-order chi connectivity index (χ1) is 12.6. The Labute approximate surface area is 153 Å². The van der Waals surface area contributed by atoms with Gasteiger partial charge < -0.3 is 15.0 Å². The Balaban J connectivity index is 1.76. The molecule has 0 spiro atoms. The molecule has 1 saturated heterocycles. The zero-order valence-corrected chi connectivity index (χ0v) is 15.0. The van der Waals surface area contributed by atoms with E-state index in [1.807, 2.05) is 29.2 Å². The molecular weight excluding hydrogens is 332 g/mol. The number of nitrogens with zero attached hydrogens (tertiary/aromatic N) is 1. The van der Waals surface area contributed by atoms with Gasteiger partial charge in [0.2, 0.25) is 11.8 Å². The van der Waals surface area contributed by atoms with E-state index >= 15 is 0 Å². The molecule has 0 aliphatic carbocycles. The van der Waals surface area contributed by atoms with E-state index < -0.39 is 0 Å².